The number of primary amides is 1. The molecular weight excluding hydrogens is 237 g/mol. The van der Waals surface area contributed by atoms with Crippen molar-refractivity contribution in [2.24, 2.45) is 11.7 Å². The van der Waals surface area contributed by atoms with E-state index in [1.54, 1.807) is 0 Å². The van der Waals surface area contributed by atoms with Gasteiger partial charge in [-0.2, -0.15) is 0 Å². The van der Waals surface area contributed by atoms with Crippen LogP contribution in [0.5, 0.6) is 0 Å². The first-order chi connectivity index (χ1) is 5.75. The molecule has 4 heteroatoms. The maximum atomic E-state index is 11.1. The Morgan fingerprint density at radius 1 is 1.50 bits per heavy atom. The molecule has 2 atom stereocenters. The summed E-state index contributed by atoms with van der Waals surface area (Å²) in [5, 5.41) is 0. The Morgan fingerprint density at radius 3 is 2.75 bits per heavy atom. The average Bonchev–Trinajstić information content (AvgIpc) is 2.05. The normalized spacial score (nSPS) is 30.1. The molecule has 0 spiro atoms. The second-order valence-corrected chi connectivity index (χ2v) is 8.20. The Labute approximate surface area is 83.3 Å². The van der Waals surface area contributed by atoms with Crippen LogP contribution in [0.1, 0.15) is 25.7 Å². The summed E-state index contributed by atoms with van der Waals surface area (Å²) >= 11 is 0.556. The van der Waals surface area contributed by atoms with Gasteiger partial charge in [0.15, 0.2) is 0 Å². The first-order valence-electron chi connectivity index (χ1n) is 4.24. The van der Waals surface area contributed by atoms with Crippen molar-refractivity contribution in [3.8, 4) is 0 Å². The quantitative estimate of drug-likeness (QED) is 0.772. The topological polar surface area (TPSA) is 43.1 Å². The Bertz CT molecular complexity index is 163. The third kappa shape index (κ3) is 2.68. The second kappa shape index (κ2) is 5.15. The van der Waals surface area contributed by atoms with Crippen LogP contribution in [-0.2, 0) is 4.79 Å². The van der Waals surface area contributed by atoms with Crippen molar-refractivity contribution in [3.63, 3.8) is 0 Å². The van der Waals surface area contributed by atoms with Crippen molar-refractivity contribution in [3.05, 3.63) is 0 Å². The zero-order valence-corrected chi connectivity index (χ0v) is 9.81. The van der Waals surface area contributed by atoms with Gasteiger partial charge in [-0.15, -0.1) is 0 Å². The summed E-state index contributed by atoms with van der Waals surface area (Å²) in [6.45, 7) is 0. The number of hydrogen-bond acceptors (Lipinski definition) is 2. The van der Waals surface area contributed by atoms with E-state index in [9.17, 15) is 4.79 Å². The Balaban J connectivity index is 2.48. The number of amides is 1. The average molecular weight is 252 g/mol. The molecule has 2 N–H and O–H groups in total. The summed E-state index contributed by atoms with van der Waals surface area (Å²) in [5.41, 5.74) is 5.35. The number of nitrogens with two attached hydrogens (primary N) is 1. The minimum atomic E-state index is -0.0735. The third-order valence-corrected chi connectivity index (χ3v) is 6.68. The van der Waals surface area contributed by atoms with E-state index in [2.05, 4.69) is 6.26 Å². The van der Waals surface area contributed by atoms with Gasteiger partial charge >= 0.3 is 83.1 Å². The molecule has 0 aromatic rings. The Hall–Kier alpha value is 0.339. The van der Waals surface area contributed by atoms with Crippen molar-refractivity contribution < 1.29 is 4.79 Å². The first kappa shape index (κ1) is 10.4. The van der Waals surface area contributed by atoms with E-state index < -0.39 is 0 Å². The van der Waals surface area contributed by atoms with Crippen LogP contribution in [0.2, 0.25) is 4.82 Å². The fourth-order valence-corrected chi connectivity index (χ4v) is 6.06. The summed E-state index contributed by atoms with van der Waals surface area (Å²) in [4.78, 5) is 11.7. The molecule has 0 radical (unpaired) electrons. The van der Waals surface area contributed by atoms with Gasteiger partial charge in [0.05, 0.1) is 0 Å². The predicted octanol–water partition coefficient (Wildman–Crippen LogP) is 1.43. The zero-order chi connectivity index (χ0) is 8.97. The summed E-state index contributed by atoms with van der Waals surface area (Å²) in [6.07, 6.45) is 6.84. The molecular formula is C8H15NOSSe. The summed E-state index contributed by atoms with van der Waals surface area (Å²) in [6, 6.07) is 0. The van der Waals surface area contributed by atoms with Crippen molar-refractivity contribution in [2.45, 2.75) is 30.5 Å². The maximum absolute atomic E-state index is 11.1. The van der Waals surface area contributed by atoms with Crippen LogP contribution >= 0.6 is 10.2 Å². The van der Waals surface area contributed by atoms with Crippen LogP contribution in [0.15, 0.2) is 0 Å². The molecule has 2 nitrogen and oxygen atoms in total. The van der Waals surface area contributed by atoms with E-state index in [1.807, 2.05) is 10.2 Å². The number of hydrogen-bond donors (Lipinski definition) is 1. The van der Waals surface area contributed by atoms with Crippen LogP contribution in [0.25, 0.3) is 0 Å². The van der Waals surface area contributed by atoms with Gasteiger partial charge in [0.1, 0.15) is 0 Å². The van der Waals surface area contributed by atoms with Crippen LogP contribution in [-0.4, -0.2) is 26.0 Å². The van der Waals surface area contributed by atoms with Gasteiger partial charge in [-0.05, 0) is 0 Å². The van der Waals surface area contributed by atoms with Gasteiger partial charge in [-0.3, -0.25) is 0 Å². The van der Waals surface area contributed by atoms with Crippen LogP contribution in [0, 0.1) is 5.92 Å². The Kier molecular flexibility index (Phi) is 4.47. The molecule has 0 aliphatic heterocycles. The van der Waals surface area contributed by atoms with Crippen molar-refractivity contribution in [2.75, 3.05) is 6.26 Å². The molecule has 0 bridgehead atoms. The molecule has 1 rings (SSSR count). The van der Waals surface area contributed by atoms with Crippen molar-refractivity contribution >= 4 is 29.9 Å². The van der Waals surface area contributed by atoms with Gasteiger partial charge in [0, 0.05) is 0 Å². The van der Waals surface area contributed by atoms with Crippen LogP contribution in [0.4, 0.5) is 0 Å². The van der Waals surface area contributed by atoms with Crippen molar-refractivity contribution in [1.29, 1.82) is 0 Å². The molecule has 0 saturated heterocycles. The van der Waals surface area contributed by atoms with E-state index >= 15 is 0 Å². The van der Waals surface area contributed by atoms with E-state index in [4.69, 9.17) is 5.73 Å². The van der Waals surface area contributed by atoms with Gasteiger partial charge in [-0.1, -0.05) is 0 Å². The van der Waals surface area contributed by atoms with Crippen LogP contribution < -0.4 is 5.73 Å². The molecule has 0 aromatic carbocycles. The van der Waals surface area contributed by atoms with Gasteiger partial charge in [0.25, 0.3) is 0 Å². The fourth-order valence-electron chi connectivity index (χ4n) is 1.66. The summed E-state index contributed by atoms with van der Waals surface area (Å²) in [5.74, 6) is 0.113. The summed E-state index contributed by atoms with van der Waals surface area (Å²) < 4.78 is 0. The zero-order valence-electron chi connectivity index (χ0n) is 7.29. The van der Waals surface area contributed by atoms with Gasteiger partial charge in [0.2, 0.25) is 0 Å². The van der Waals surface area contributed by atoms with Crippen LogP contribution in [0.3, 0.4) is 0 Å². The van der Waals surface area contributed by atoms with E-state index in [0.717, 1.165) is 6.42 Å². The first-order valence-corrected chi connectivity index (χ1v) is 8.48. The molecule has 1 aliphatic carbocycles. The number of carbonyl (C=O) groups excluding carboxylic acids is 1. The molecule has 12 heavy (non-hydrogen) atoms. The molecule has 0 heterocycles. The summed E-state index contributed by atoms with van der Waals surface area (Å²) in [7, 11) is 1.88. The number of rotatable bonds is 3. The fraction of sp³-hybridized carbons (Fsp3) is 0.875. The van der Waals surface area contributed by atoms with Crippen molar-refractivity contribution in [1.82, 2.24) is 0 Å². The van der Waals surface area contributed by atoms with E-state index in [0.29, 0.717) is 18.7 Å². The third-order valence-electron chi connectivity index (χ3n) is 2.29. The predicted molar refractivity (Wildman–Crippen MR) is 54.2 cm³/mol. The second-order valence-electron chi connectivity index (χ2n) is 3.09. The Morgan fingerprint density at radius 2 is 2.17 bits per heavy atom. The van der Waals surface area contributed by atoms with E-state index in [1.165, 1.54) is 19.3 Å². The molecule has 1 aliphatic rings. The SMILES string of the molecule is CS[Se]C1CCCCC1C(N)=O. The standard InChI is InChI=1S/C8H15NOSSe/c1-11-12-7-5-3-2-4-6(7)8(9)10/h6-7H,2-5H2,1H3,(H2,9,10). The molecule has 70 valence electrons. The van der Waals surface area contributed by atoms with Gasteiger partial charge in [-0.25, -0.2) is 0 Å². The van der Waals surface area contributed by atoms with E-state index in [-0.39, 0.29) is 11.8 Å². The van der Waals surface area contributed by atoms with Gasteiger partial charge < -0.3 is 0 Å². The number of carbonyl (C=O) groups is 1. The molecule has 1 amide bonds. The molecule has 1 saturated carbocycles. The minimum absolute atomic E-state index is 0.0735. The molecule has 0 aromatic heterocycles. The molecule has 2 unspecified atom stereocenters. The monoisotopic (exact) mass is 253 g/mol. The molecule has 1 fully saturated rings.